The molecule has 2 aliphatic rings. The van der Waals surface area contributed by atoms with Gasteiger partial charge in [0.2, 0.25) is 0 Å². The number of aromatic nitrogens is 1. The molecule has 0 radical (unpaired) electrons. The summed E-state index contributed by atoms with van der Waals surface area (Å²) in [5.74, 6) is 0.251. The summed E-state index contributed by atoms with van der Waals surface area (Å²) in [6, 6.07) is 5.40. The standard InChI is InChI=1S/C20H23N3O3/c24-19(16-13-15-5-1-2-6-17(15)21-14-16)22-8-4-9-23(11-10-22)20(25)18-7-3-12-26-18/h3,7,12-14H,1-2,4-6,8-11H2. The zero-order valence-electron chi connectivity index (χ0n) is 14.8. The molecule has 0 spiro atoms. The average molecular weight is 353 g/mol. The summed E-state index contributed by atoms with van der Waals surface area (Å²) in [4.78, 5) is 33.5. The molecule has 26 heavy (non-hydrogen) atoms. The van der Waals surface area contributed by atoms with Gasteiger partial charge in [-0.1, -0.05) is 0 Å². The first-order valence-corrected chi connectivity index (χ1v) is 9.32. The largest absolute Gasteiger partial charge is 0.459 e. The summed E-state index contributed by atoms with van der Waals surface area (Å²) in [5, 5.41) is 0. The van der Waals surface area contributed by atoms with E-state index in [-0.39, 0.29) is 11.8 Å². The quantitative estimate of drug-likeness (QED) is 0.832. The lowest BCUT2D eigenvalue weighted by molar-refractivity contribution is 0.0700. The number of aryl methyl sites for hydroxylation is 2. The Hall–Kier alpha value is -2.63. The summed E-state index contributed by atoms with van der Waals surface area (Å²) in [7, 11) is 0. The van der Waals surface area contributed by atoms with E-state index in [4.69, 9.17) is 4.42 Å². The molecule has 6 heteroatoms. The lowest BCUT2D eigenvalue weighted by atomic mass is 9.95. The first-order chi connectivity index (χ1) is 12.7. The third kappa shape index (κ3) is 3.36. The van der Waals surface area contributed by atoms with Crippen LogP contribution in [0.15, 0.2) is 35.1 Å². The van der Waals surface area contributed by atoms with Crippen molar-refractivity contribution < 1.29 is 14.0 Å². The van der Waals surface area contributed by atoms with Crippen molar-refractivity contribution in [1.29, 1.82) is 0 Å². The minimum absolute atomic E-state index is 0.0122. The van der Waals surface area contributed by atoms with Crippen molar-refractivity contribution in [2.75, 3.05) is 26.2 Å². The number of hydrogen-bond acceptors (Lipinski definition) is 4. The Labute approximate surface area is 152 Å². The fourth-order valence-electron chi connectivity index (χ4n) is 3.77. The lowest BCUT2D eigenvalue weighted by Gasteiger charge is -2.22. The first kappa shape index (κ1) is 16.8. The molecule has 0 atom stereocenters. The van der Waals surface area contributed by atoms with Gasteiger partial charge in [0.1, 0.15) is 0 Å². The average Bonchev–Trinajstić information content (AvgIpc) is 3.11. The van der Waals surface area contributed by atoms with E-state index < -0.39 is 0 Å². The van der Waals surface area contributed by atoms with Gasteiger partial charge in [0, 0.05) is 38.1 Å². The van der Waals surface area contributed by atoms with Crippen LogP contribution >= 0.6 is 0 Å². The summed E-state index contributed by atoms with van der Waals surface area (Å²) < 4.78 is 5.21. The van der Waals surface area contributed by atoms with E-state index in [0.717, 1.165) is 25.0 Å². The van der Waals surface area contributed by atoms with Crippen LogP contribution in [0.2, 0.25) is 0 Å². The van der Waals surface area contributed by atoms with E-state index >= 15 is 0 Å². The minimum atomic E-state index is -0.111. The Balaban J connectivity index is 1.44. The molecule has 0 N–H and O–H groups in total. The zero-order valence-corrected chi connectivity index (χ0v) is 14.8. The van der Waals surface area contributed by atoms with Crippen molar-refractivity contribution in [3.05, 3.63) is 53.2 Å². The molecule has 1 fully saturated rings. The van der Waals surface area contributed by atoms with E-state index in [2.05, 4.69) is 4.98 Å². The summed E-state index contributed by atoms with van der Waals surface area (Å²) in [6.07, 6.45) is 8.34. The molecule has 1 aliphatic carbocycles. The van der Waals surface area contributed by atoms with Gasteiger partial charge >= 0.3 is 0 Å². The van der Waals surface area contributed by atoms with Crippen LogP contribution in [-0.2, 0) is 12.8 Å². The molecule has 1 saturated heterocycles. The molecule has 3 heterocycles. The molecule has 6 nitrogen and oxygen atoms in total. The van der Waals surface area contributed by atoms with Crippen molar-refractivity contribution in [3.63, 3.8) is 0 Å². The highest BCUT2D eigenvalue weighted by Gasteiger charge is 2.25. The van der Waals surface area contributed by atoms with Crippen molar-refractivity contribution in [2.24, 2.45) is 0 Å². The maximum absolute atomic E-state index is 12.9. The monoisotopic (exact) mass is 353 g/mol. The van der Waals surface area contributed by atoms with Crippen LogP contribution in [0.4, 0.5) is 0 Å². The minimum Gasteiger partial charge on any atom is -0.459 e. The second kappa shape index (κ2) is 7.32. The topological polar surface area (TPSA) is 66.7 Å². The molecular weight excluding hydrogens is 330 g/mol. The van der Waals surface area contributed by atoms with Crippen molar-refractivity contribution in [2.45, 2.75) is 32.1 Å². The fraction of sp³-hybridized carbons (Fsp3) is 0.450. The van der Waals surface area contributed by atoms with Crippen LogP contribution in [0.25, 0.3) is 0 Å². The molecule has 1 aliphatic heterocycles. The highest BCUT2D eigenvalue weighted by atomic mass is 16.3. The number of carbonyl (C=O) groups is 2. The number of fused-ring (bicyclic) bond motifs is 1. The predicted octanol–water partition coefficient (Wildman–Crippen LogP) is 2.54. The Kier molecular flexibility index (Phi) is 4.73. The second-order valence-electron chi connectivity index (χ2n) is 6.95. The molecule has 2 aromatic heterocycles. The third-order valence-electron chi connectivity index (χ3n) is 5.22. The first-order valence-electron chi connectivity index (χ1n) is 9.32. The SMILES string of the molecule is O=C(c1cnc2c(c1)CCCC2)N1CCCN(C(=O)c2ccco2)CC1. The normalized spacial score (nSPS) is 17.5. The molecule has 0 unspecified atom stereocenters. The molecule has 2 aromatic rings. The van der Waals surface area contributed by atoms with E-state index in [9.17, 15) is 9.59 Å². The van der Waals surface area contributed by atoms with E-state index in [0.29, 0.717) is 37.5 Å². The van der Waals surface area contributed by atoms with Gasteiger partial charge in [-0.15, -0.1) is 0 Å². The van der Waals surface area contributed by atoms with Gasteiger partial charge in [-0.2, -0.15) is 0 Å². The second-order valence-corrected chi connectivity index (χ2v) is 6.95. The van der Waals surface area contributed by atoms with Crippen LogP contribution in [0.3, 0.4) is 0 Å². The van der Waals surface area contributed by atoms with Crippen molar-refractivity contribution in [3.8, 4) is 0 Å². The van der Waals surface area contributed by atoms with Crippen molar-refractivity contribution in [1.82, 2.24) is 14.8 Å². The van der Waals surface area contributed by atoms with Gasteiger partial charge < -0.3 is 14.2 Å². The summed E-state index contributed by atoms with van der Waals surface area (Å²) in [5.41, 5.74) is 3.02. The van der Waals surface area contributed by atoms with E-state index in [1.807, 2.05) is 11.0 Å². The fourth-order valence-corrected chi connectivity index (χ4v) is 3.77. The van der Waals surface area contributed by atoms with Crippen molar-refractivity contribution >= 4 is 11.8 Å². The Bertz CT molecular complexity index is 801. The van der Waals surface area contributed by atoms with Gasteiger partial charge in [-0.3, -0.25) is 14.6 Å². The zero-order chi connectivity index (χ0) is 17.9. The molecule has 4 rings (SSSR count). The van der Waals surface area contributed by atoms with E-state index in [1.165, 1.54) is 24.7 Å². The molecular formula is C20H23N3O3. The number of nitrogens with zero attached hydrogens (tertiary/aromatic N) is 3. The van der Waals surface area contributed by atoms with Gasteiger partial charge in [0.05, 0.1) is 11.8 Å². The van der Waals surface area contributed by atoms with Gasteiger partial charge in [-0.05, 0) is 55.9 Å². The number of amides is 2. The molecule has 2 amide bonds. The van der Waals surface area contributed by atoms with Crippen LogP contribution in [0, 0.1) is 0 Å². The Morgan fingerprint density at radius 2 is 1.73 bits per heavy atom. The number of furan rings is 1. The predicted molar refractivity (Wildman–Crippen MR) is 96.0 cm³/mol. The van der Waals surface area contributed by atoms with Crippen LogP contribution < -0.4 is 0 Å². The number of rotatable bonds is 2. The van der Waals surface area contributed by atoms with Crippen LogP contribution in [-0.4, -0.2) is 52.8 Å². The highest BCUT2D eigenvalue weighted by Crippen LogP contribution is 2.21. The van der Waals surface area contributed by atoms with Crippen LogP contribution in [0.5, 0.6) is 0 Å². The molecule has 0 bridgehead atoms. The number of carbonyl (C=O) groups excluding carboxylic acids is 2. The summed E-state index contributed by atoms with van der Waals surface area (Å²) >= 11 is 0. The Morgan fingerprint density at radius 3 is 2.50 bits per heavy atom. The third-order valence-corrected chi connectivity index (χ3v) is 5.22. The number of hydrogen-bond donors (Lipinski definition) is 0. The van der Waals surface area contributed by atoms with E-state index in [1.54, 1.807) is 23.2 Å². The van der Waals surface area contributed by atoms with Gasteiger partial charge in [0.15, 0.2) is 5.76 Å². The number of pyridine rings is 1. The lowest BCUT2D eigenvalue weighted by Crippen LogP contribution is -2.37. The van der Waals surface area contributed by atoms with Gasteiger partial charge in [-0.25, -0.2) is 0 Å². The molecule has 0 saturated carbocycles. The Morgan fingerprint density at radius 1 is 0.962 bits per heavy atom. The smallest absolute Gasteiger partial charge is 0.289 e. The highest BCUT2D eigenvalue weighted by molar-refractivity contribution is 5.94. The molecule has 0 aromatic carbocycles. The summed E-state index contributed by atoms with van der Waals surface area (Å²) in [6.45, 7) is 2.33. The molecule has 136 valence electrons. The maximum Gasteiger partial charge on any atom is 0.289 e. The van der Waals surface area contributed by atoms with Gasteiger partial charge in [0.25, 0.3) is 11.8 Å². The van der Waals surface area contributed by atoms with Crippen LogP contribution in [0.1, 0.15) is 51.4 Å². The maximum atomic E-state index is 12.9.